The summed E-state index contributed by atoms with van der Waals surface area (Å²) in [6.45, 7) is 4.20. The van der Waals surface area contributed by atoms with Crippen LogP contribution in [0.4, 0.5) is 17.1 Å². The van der Waals surface area contributed by atoms with Gasteiger partial charge in [-0.2, -0.15) is 0 Å². The molecule has 1 heterocycles. The highest BCUT2D eigenvalue weighted by Gasteiger charge is 2.33. The van der Waals surface area contributed by atoms with Crippen molar-refractivity contribution in [2.24, 2.45) is 5.73 Å². The van der Waals surface area contributed by atoms with E-state index >= 15 is 0 Å². The molecular weight excluding hydrogens is 551 g/mol. The highest BCUT2D eigenvalue weighted by atomic mass is 32.2. The van der Waals surface area contributed by atoms with Crippen molar-refractivity contribution in [1.82, 2.24) is 0 Å². The Hall–Kier alpha value is -3.47. The summed E-state index contributed by atoms with van der Waals surface area (Å²) in [5.74, 6) is -0.330. The number of nitrogens with one attached hydrogen (secondary N) is 2. The lowest BCUT2D eigenvalue weighted by Crippen LogP contribution is -2.34. The second-order valence-electron chi connectivity index (χ2n) is 8.93. The van der Waals surface area contributed by atoms with Crippen molar-refractivity contribution in [1.29, 1.82) is 0 Å². The molecule has 212 valence electrons. The predicted octanol–water partition coefficient (Wildman–Crippen LogP) is 4.24. The maximum Gasteiger partial charge on any atom is 0.361 e. The van der Waals surface area contributed by atoms with Crippen molar-refractivity contribution < 1.29 is 26.8 Å². The van der Waals surface area contributed by atoms with Gasteiger partial charge in [0.1, 0.15) is 0 Å². The normalized spacial score (nSPS) is 14.4. The molecule has 0 atom stereocenters. The Morgan fingerprint density at radius 3 is 2.23 bits per heavy atom. The molecule has 0 unspecified atom stereocenters. The number of sulfonamides is 1. The number of fused-ring (bicyclic) bond motifs is 1. The molecular formula is C28H33N4O6PS. The van der Waals surface area contributed by atoms with E-state index in [1.165, 1.54) is 4.31 Å². The van der Waals surface area contributed by atoms with Crippen molar-refractivity contribution in [3.63, 3.8) is 0 Å². The van der Waals surface area contributed by atoms with E-state index in [4.69, 9.17) is 14.8 Å². The Kier molecular flexibility index (Phi) is 9.12. The van der Waals surface area contributed by atoms with E-state index in [0.29, 0.717) is 39.2 Å². The topological polar surface area (TPSA) is 140 Å². The van der Waals surface area contributed by atoms with Crippen molar-refractivity contribution >= 4 is 57.2 Å². The summed E-state index contributed by atoms with van der Waals surface area (Å²) in [6.07, 6.45) is 1.13. The fourth-order valence-corrected chi connectivity index (χ4v) is 6.98. The minimum Gasteiger partial charge on any atom is -0.354 e. The first-order valence-corrected chi connectivity index (χ1v) is 16.2. The molecule has 1 amide bonds. The van der Waals surface area contributed by atoms with Crippen LogP contribution in [0.1, 0.15) is 25.0 Å². The van der Waals surface area contributed by atoms with Gasteiger partial charge in [-0.3, -0.25) is 13.7 Å². The number of nitrogens with two attached hydrogens (primary N) is 1. The van der Waals surface area contributed by atoms with Crippen LogP contribution in [0.5, 0.6) is 0 Å². The zero-order valence-corrected chi connectivity index (χ0v) is 24.3. The molecule has 0 aromatic heterocycles. The summed E-state index contributed by atoms with van der Waals surface area (Å²) < 4.78 is 50.3. The van der Waals surface area contributed by atoms with E-state index in [9.17, 15) is 17.8 Å². The molecule has 3 aromatic rings. The van der Waals surface area contributed by atoms with E-state index in [1.807, 2.05) is 30.3 Å². The second kappa shape index (κ2) is 12.4. The first-order valence-electron chi connectivity index (χ1n) is 12.8. The largest absolute Gasteiger partial charge is 0.361 e. The van der Waals surface area contributed by atoms with E-state index in [1.54, 1.807) is 56.3 Å². The molecule has 4 N–H and O–H groups in total. The average molecular weight is 585 g/mol. The second-order valence-corrected chi connectivity index (χ2v) is 12.9. The number of amides is 1. The number of hydrogen-bond donors (Lipinski definition) is 3. The summed E-state index contributed by atoms with van der Waals surface area (Å²) in [5.41, 5.74) is 9.46. The molecule has 10 nitrogen and oxygen atoms in total. The first kappa shape index (κ1) is 29.5. The standard InChI is InChI=1S/C28H33N4O6PS/c1-4-37-39(34,38-5-2)23-15-16-25-24(19-23)26(28(33)31-25)27(20-9-7-6-8-10-20)30-21-11-13-22(14-12-21)32(18-17-29)40(3,35)36/h6-16,19,30H,4-5,17-18,29H2,1-3H3,(H,31,33). The molecule has 0 radical (unpaired) electrons. The van der Waals surface area contributed by atoms with Gasteiger partial charge in [0.2, 0.25) is 10.0 Å². The van der Waals surface area contributed by atoms with Gasteiger partial charge in [-0.15, -0.1) is 0 Å². The number of carbonyl (C=O) groups is 1. The Labute approximate surface area is 234 Å². The van der Waals surface area contributed by atoms with Gasteiger partial charge in [-0.05, 0) is 61.9 Å². The molecule has 0 aliphatic carbocycles. The Bertz CT molecular complexity index is 1550. The summed E-state index contributed by atoms with van der Waals surface area (Å²) in [6, 6.07) is 21.1. The third-order valence-electron chi connectivity index (χ3n) is 6.13. The summed E-state index contributed by atoms with van der Waals surface area (Å²) in [4.78, 5) is 13.3. The van der Waals surface area contributed by atoms with E-state index in [2.05, 4.69) is 10.6 Å². The Morgan fingerprint density at radius 1 is 1.00 bits per heavy atom. The minimum absolute atomic E-state index is 0.150. The molecule has 0 spiro atoms. The van der Waals surface area contributed by atoms with Crippen LogP contribution in [-0.2, 0) is 28.4 Å². The molecule has 0 saturated carbocycles. The van der Waals surface area contributed by atoms with E-state index in [-0.39, 0.29) is 32.2 Å². The van der Waals surface area contributed by atoms with Gasteiger partial charge in [-0.1, -0.05) is 30.3 Å². The number of nitrogens with zero attached hydrogens (tertiary/aromatic N) is 1. The molecule has 1 aliphatic rings. The summed E-state index contributed by atoms with van der Waals surface area (Å²) in [5, 5.41) is 6.58. The zero-order chi connectivity index (χ0) is 28.9. The molecule has 0 bridgehead atoms. The van der Waals surface area contributed by atoms with Gasteiger partial charge in [0.25, 0.3) is 5.91 Å². The average Bonchev–Trinajstić information content (AvgIpc) is 3.25. The van der Waals surface area contributed by atoms with Crippen LogP contribution in [0.15, 0.2) is 72.8 Å². The summed E-state index contributed by atoms with van der Waals surface area (Å²) >= 11 is 0. The van der Waals surface area contributed by atoms with Crippen LogP contribution < -0.4 is 26.0 Å². The fourth-order valence-electron chi connectivity index (χ4n) is 4.44. The molecule has 4 rings (SSSR count). The Balaban J connectivity index is 1.82. The van der Waals surface area contributed by atoms with Gasteiger partial charge in [0, 0.05) is 30.0 Å². The third-order valence-corrected chi connectivity index (χ3v) is 9.43. The molecule has 3 aromatic carbocycles. The van der Waals surface area contributed by atoms with Crippen molar-refractivity contribution in [2.45, 2.75) is 13.8 Å². The maximum absolute atomic E-state index is 13.5. The molecule has 0 fully saturated rings. The van der Waals surface area contributed by atoms with Gasteiger partial charge in [0.15, 0.2) is 0 Å². The predicted molar refractivity (Wildman–Crippen MR) is 160 cm³/mol. The van der Waals surface area contributed by atoms with Crippen LogP contribution in [0.25, 0.3) is 11.3 Å². The van der Waals surface area contributed by atoms with E-state index in [0.717, 1.165) is 11.8 Å². The van der Waals surface area contributed by atoms with E-state index < -0.39 is 17.6 Å². The number of rotatable bonds is 12. The number of hydrogen-bond acceptors (Lipinski definition) is 8. The van der Waals surface area contributed by atoms with Crippen molar-refractivity contribution in [3.05, 3.63) is 83.9 Å². The lowest BCUT2D eigenvalue weighted by atomic mass is 10.00. The van der Waals surface area contributed by atoms with Crippen molar-refractivity contribution in [2.75, 3.05) is 47.5 Å². The fraction of sp³-hybridized carbons (Fsp3) is 0.250. The van der Waals surface area contributed by atoms with Gasteiger partial charge < -0.3 is 25.4 Å². The van der Waals surface area contributed by atoms with Crippen LogP contribution in [0.3, 0.4) is 0 Å². The number of carbonyl (C=O) groups excluding carboxylic acids is 1. The third kappa shape index (κ3) is 6.29. The highest BCUT2D eigenvalue weighted by molar-refractivity contribution is 7.92. The number of anilines is 3. The highest BCUT2D eigenvalue weighted by Crippen LogP contribution is 2.48. The van der Waals surface area contributed by atoms with Crippen LogP contribution in [0, 0.1) is 0 Å². The minimum atomic E-state index is -3.60. The number of benzene rings is 3. The zero-order valence-electron chi connectivity index (χ0n) is 22.6. The molecule has 1 aliphatic heterocycles. The summed E-state index contributed by atoms with van der Waals surface area (Å²) in [7, 11) is -7.11. The lowest BCUT2D eigenvalue weighted by molar-refractivity contribution is -0.110. The maximum atomic E-state index is 13.5. The van der Waals surface area contributed by atoms with Crippen LogP contribution in [0.2, 0.25) is 0 Å². The molecule has 12 heteroatoms. The van der Waals surface area contributed by atoms with Gasteiger partial charge in [-0.25, -0.2) is 8.42 Å². The van der Waals surface area contributed by atoms with Gasteiger partial charge >= 0.3 is 7.60 Å². The first-order chi connectivity index (χ1) is 19.1. The molecule has 0 saturated heterocycles. The SMILES string of the molecule is CCOP(=O)(OCC)c1ccc2c(c1)C(=C(Nc1ccc(N(CCN)S(C)(=O)=O)cc1)c1ccccc1)C(=O)N2. The monoisotopic (exact) mass is 584 g/mol. The van der Waals surface area contributed by atoms with Gasteiger partial charge in [0.05, 0.1) is 41.7 Å². The van der Waals surface area contributed by atoms with Crippen molar-refractivity contribution in [3.8, 4) is 0 Å². The quantitative estimate of drug-likeness (QED) is 0.212. The Morgan fingerprint density at radius 2 is 1.65 bits per heavy atom. The van der Waals surface area contributed by atoms with Crippen LogP contribution >= 0.6 is 7.60 Å². The lowest BCUT2D eigenvalue weighted by Gasteiger charge is -2.22. The molecule has 40 heavy (non-hydrogen) atoms. The van der Waals surface area contributed by atoms with Crippen LogP contribution in [-0.4, -0.2) is 46.9 Å². The smallest absolute Gasteiger partial charge is 0.354 e.